The third kappa shape index (κ3) is 5.62. The van der Waals surface area contributed by atoms with Crippen LogP contribution in [0.1, 0.15) is 37.7 Å². The Labute approximate surface area is 173 Å². The van der Waals surface area contributed by atoms with Gasteiger partial charge in [0.2, 0.25) is 5.13 Å². The second-order valence-corrected chi connectivity index (χ2v) is 8.41. The number of hydrogen-bond acceptors (Lipinski definition) is 7. The number of carbonyl (C=O) groups is 2. The Balaban J connectivity index is 1.76. The van der Waals surface area contributed by atoms with E-state index in [0.717, 1.165) is 18.4 Å². The number of nitrogens with one attached hydrogen (secondary N) is 1. The monoisotopic (exact) mass is 420 g/mol. The summed E-state index contributed by atoms with van der Waals surface area (Å²) in [6.07, 6.45) is 5.93. The molecule has 1 amide bonds. The summed E-state index contributed by atoms with van der Waals surface area (Å²) in [5.41, 5.74) is 0.885. The smallest absolute Gasteiger partial charge is 0.429 e. The van der Waals surface area contributed by atoms with E-state index in [-0.39, 0.29) is 13.2 Å². The second kappa shape index (κ2) is 10.3. The van der Waals surface area contributed by atoms with Gasteiger partial charge in [0.1, 0.15) is 19.4 Å². The van der Waals surface area contributed by atoms with Crippen molar-refractivity contribution in [1.29, 1.82) is 0 Å². The molecule has 1 aliphatic carbocycles. The second-order valence-electron chi connectivity index (χ2n) is 6.77. The van der Waals surface area contributed by atoms with E-state index in [4.69, 9.17) is 17.0 Å². The first-order chi connectivity index (χ1) is 13.7. The van der Waals surface area contributed by atoms with Crippen LogP contribution in [-0.2, 0) is 16.1 Å². The number of H-pyrrole nitrogens is 1. The highest BCUT2D eigenvalue weighted by Crippen LogP contribution is 2.28. The lowest BCUT2D eigenvalue weighted by molar-refractivity contribution is -0.108. The van der Waals surface area contributed by atoms with Gasteiger partial charge in [0.05, 0.1) is 0 Å². The van der Waals surface area contributed by atoms with Gasteiger partial charge in [0, 0.05) is 6.54 Å². The molecule has 28 heavy (non-hydrogen) atoms. The Bertz CT molecular complexity index is 818. The molecule has 1 N–H and O–H groups in total. The summed E-state index contributed by atoms with van der Waals surface area (Å²) >= 11 is 6.44. The maximum Gasteiger partial charge on any atom is 0.429 e. The number of benzene rings is 1. The minimum atomic E-state index is -0.576. The molecule has 1 heterocycles. The molecule has 1 aliphatic rings. The van der Waals surface area contributed by atoms with Crippen LogP contribution in [0.15, 0.2) is 30.3 Å². The summed E-state index contributed by atoms with van der Waals surface area (Å²) in [5.74, 6) is 0.433. The zero-order chi connectivity index (χ0) is 19.8. The van der Waals surface area contributed by atoms with Crippen LogP contribution in [0.25, 0.3) is 0 Å². The Morgan fingerprint density at radius 3 is 2.68 bits per heavy atom. The van der Waals surface area contributed by atoms with Crippen LogP contribution in [0.2, 0.25) is 0 Å². The summed E-state index contributed by atoms with van der Waals surface area (Å²) in [7, 11) is 0. The molecule has 7 nitrogen and oxygen atoms in total. The molecule has 3 rings (SSSR count). The van der Waals surface area contributed by atoms with Gasteiger partial charge in [-0.05, 0) is 36.5 Å². The molecule has 1 fully saturated rings. The zero-order valence-corrected chi connectivity index (χ0v) is 17.2. The van der Waals surface area contributed by atoms with Crippen molar-refractivity contribution < 1.29 is 14.3 Å². The van der Waals surface area contributed by atoms with E-state index in [0.29, 0.717) is 27.8 Å². The van der Waals surface area contributed by atoms with E-state index in [1.54, 1.807) is 5.01 Å². The van der Waals surface area contributed by atoms with Gasteiger partial charge < -0.3 is 9.53 Å². The maximum atomic E-state index is 12.8. The van der Waals surface area contributed by atoms with Crippen molar-refractivity contribution in [3.63, 3.8) is 0 Å². The van der Waals surface area contributed by atoms with Crippen molar-refractivity contribution in [2.45, 2.75) is 38.7 Å². The van der Waals surface area contributed by atoms with Crippen LogP contribution in [0.3, 0.4) is 0 Å². The lowest BCUT2D eigenvalue weighted by atomic mass is 9.89. The molecule has 0 spiro atoms. The molecule has 1 saturated carbocycles. The number of aldehydes is 1. The lowest BCUT2D eigenvalue weighted by Gasteiger charge is -2.35. The third-order valence-electron chi connectivity index (χ3n) is 4.76. The van der Waals surface area contributed by atoms with Crippen LogP contribution in [0.5, 0.6) is 0 Å². The van der Waals surface area contributed by atoms with Crippen LogP contribution in [0, 0.1) is 9.87 Å². The average Bonchev–Trinajstić information content (AvgIpc) is 3.16. The quantitative estimate of drug-likeness (QED) is 0.389. The van der Waals surface area contributed by atoms with Crippen molar-refractivity contribution in [3.05, 3.63) is 39.8 Å². The minimum Gasteiger partial charge on any atom is -0.443 e. The number of nitrogens with zero attached hydrogens (tertiary/aromatic N) is 3. The van der Waals surface area contributed by atoms with E-state index >= 15 is 0 Å². The SMILES string of the molecule is O=CCN(C(=O)OCc1ccccc1)N(CC1CCCCC1)c1n[nH]c(=S)s1. The largest absolute Gasteiger partial charge is 0.443 e. The molecule has 1 aromatic heterocycles. The molecule has 0 atom stereocenters. The zero-order valence-electron chi connectivity index (χ0n) is 15.6. The van der Waals surface area contributed by atoms with Crippen LogP contribution < -0.4 is 5.01 Å². The predicted molar refractivity (Wildman–Crippen MR) is 111 cm³/mol. The Hall–Kier alpha value is -2.26. The predicted octanol–water partition coefficient (Wildman–Crippen LogP) is 4.34. The molecule has 9 heteroatoms. The molecule has 0 bridgehead atoms. The molecule has 0 aliphatic heterocycles. The normalized spacial score (nSPS) is 14.4. The van der Waals surface area contributed by atoms with Crippen LogP contribution in [-0.4, -0.2) is 40.7 Å². The fourth-order valence-electron chi connectivity index (χ4n) is 3.36. The summed E-state index contributed by atoms with van der Waals surface area (Å²) in [6.45, 7) is 0.639. The maximum absolute atomic E-state index is 12.8. The average molecular weight is 421 g/mol. The number of carbonyl (C=O) groups excluding carboxylic acids is 2. The van der Waals surface area contributed by atoms with Gasteiger partial charge in [-0.3, -0.25) is 10.1 Å². The summed E-state index contributed by atoms with van der Waals surface area (Å²) in [4.78, 5) is 24.1. The number of ether oxygens (including phenoxy) is 1. The molecule has 1 aromatic carbocycles. The van der Waals surface area contributed by atoms with Gasteiger partial charge >= 0.3 is 6.09 Å². The number of rotatable bonds is 8. The highest BCUT2D eigenvalue weighted by Gasteiger charge is 2.28. The minimum absolute atomic E-state index is 0.104. The van der Waals surface area contributed by atoms with Crippen molar-refractivity contribution >= 4 is 41.1 Å². The standard InChI is InChI=1S/C19H24N4O3S2/c24-12-11-22(19(25)26-14-16-9-5-2-6-10-16)23(17-20-21-18(27)28-17)13-15-7-3-1-4-8-15/h2,5-6,9-10,12,15H,1,3-4,7-8,11,13-14H2,(H,21,27). The lowest BCUT2D eigenvalue weighted by Crippen LogP contribution is -2.50. The topological polar surface area (TPSA) is 78.5 Å². The molecule has 0 radical (unpaired) electrons. The van der Waals surface area contributed by atoms with Crippen LogP contribution in [0.4, 0.5) is 9.93 Å². The number of hydrazine groups is 1. The summed E-state index contributed by atoms with van der Waals surface area (Å²) < 4.78 is 5.99. The summed E-state index contributed by atoms with van der Waals surface area (Å²) in [5, 5.41) is 10.6. The number of aromatic amines is 1. The number of aromatic nitrogens is 2. The van der Waals surface area contributed by atoms with Gasteiger partial charge in [-0.1, -0.05) is 60.9 Å². The van der Waals surface area contributed by atoms with Crippen LogP contribution >= 0.6 is 23.6 Å². The Kier molecular flexibility index (Phi) is 7.55. The molecule has 2 aromatic rings. The van der Waals surface area contributed by atoms with Crippen molar-refractivity contribution in [1.82, 2.24) is 15.2 Å². The first kappa shape index (κ1) is 20.5. The van der Waals surface area contributed by atoms with Gasteiger partial charge in [-0.2, -0.15) is 0 Å². The molecular formula is C19H24N4O3S2. The summed E-state index contributed by atoms with van der Waals surface area (Å²) in [6, 6.07) is 9.45. The third-order valence-corrected chi connectivity index (χ3v) is 5.86. The number of anilines is 1. The molecule has 0 unspecified atom stereocenters. The molecule has 0 saturated heterocycles. The fourth-order valence-corrected chi connectivity index (χ4v) is 4.26. The number of hydrogen-bond donors (Lipinski definition) is 1. The van der Waals surface area contributed by atoms with Crippen molar-refractivity contribution in [2.75, 3.05) is 18.1 Å². The van der Waals surface area contributed by atoms with Crippen molar-refractivity contribution in [3.8, 4) is 0 Å². The van der Waals surface area contributed by atoms with Gasteiger partial charge in [0.25, 0.3) is 0 Å². The van der Waals surface area contributed by atoms with Gasteiger partial charge in [0.15, 0.2) is 3.95 Å². The van der Waals surface area contributed by atoms with E-state index in [1.165, 1.54) is 35.6 Å². The Morgan fingerprint density at radius 1 is 1.29 bits per heavy atom. The molecule has 150 valence electrons. The van der Waals surface area contributed by atoms with E-state index in [9.17, 15) is 9.59 Å². The molecular weight excluding hydrogens is 396 g/mol. The Morgan fingerprint density at radius 2 is 2.04 bits per heavy atom. The fraction of sp³-hybridized carbons (Fsp3) is 0.474. The van der Waals surface area contributed by atoms with E-state index in [1.807, 2.05) is 30.3 Å². The van der Waals surface area contributed by atoms with Gasteiger partial charge in [-0.25, -0.2) is 9.80 Å². The highest BCUT2D eigenvalue weighted by atomic mass is 32.1. The first-order valence-electron chi connectivity index (χ1n) is 9.42. The van der Waals surface area contributed by atoms with Crippen molar-refractivity contribution in [2.24, 2.45) is 5.92 Å². The first-order valence-corrected chi connectivity index (χ1v) is 10.6. The van der Waals surface area contributed by atoms with E-state index < -0.39 is 6.09 Å². The highest BCUT2D eigenvalue weighted by molar-refractivity contribution is 7.73. The van der Waals surface area contributed by atoms with E-state index in [2.05, 4.69) is 10.2 Å². The van der Waals surface area contributed by atoms with Gasteiger partial charge in [-0.15, -0.1) is 5.10 Å². The number of amides is 1.